The third kappa shape index (κ3) is 10.7. The van der Waals surface area contributed by atoms with E-state index in [9.17, 15) is 29.4 Å². The fourth-order valence-corrected chi connectivity index (χ4v) is 3.86. The molecule has 0 spiro atoms. The molecule has 0 radical (unpaired) electrons. The Hall–Kier alpha value is -2.44. The molecule has 0 aromatic heterocycles. The summed E-state index contributed by atoms with van der Waals surface area (Å²) in [7, 11) is 0. The van der Waals surface area contributed by atoms with Gasteiger partial charge < -0.3 is 31.9 Å². The molecule has 10 nitrogen and oxygen atoms in total. The van der Waals surface area contributed by atoms with Crippen LogP contribution in [0.15, 0.2) is 24.3 Å². The molecule has 34 heavy (non-hydrogen) atoms. The number of carboxylic acids is 1. The summed E-state index contributed by atoms with van der Waals surface area (Å²) in [6.07, 6.45) is 4.50. The summed E-state index contributed by atoms with van der Waals surface area (Å²) >= 11 is 3.04. The van der Waals surface area contributed by atoms with E-state index in [2.05, 4.69) is 16.0 Å². The van der Waals surface area contributed by atoms with Gasteiger partial charge in [-0.05, 0) is 61.5 Å². The lowest BCUT2D eigenvalue weighted by atomic mass is 10.0. The Morgan fingerprint density at radius 1 is 0.882 bits per heavy atom. The number of nitrogens with two attached hydrogens (primary N) is 1. The monoisotopic (exact) mass is 514 g/mol. The highest BCUT2D eigenvalue weighted by atomic mass is 32.2. The van der Waals surface area contributed by atoms with Crippen LogP contribution in [0.2, 0.25) is 0 Å². The number of phenols is 1. The first-order valence-electron chi connectivity index (χ1n) is 10.7. The van der Waals surface area contributed by atoms with Crippen molar-refractivity contribution in [3.63, 3.8) is 0 Å². The molecule has 3 amide bonds. The standard InChI is InChI=1S/C22H34N4O6S2/c1-13(24-20(29)16(23)8-10-33-2)19(28)25-17(9-11-34-3)21(30)26-18(22(31)32)12-14-4-6-15(27)7-5-14/h4-7,13,16-18,27H,8-12,23H2,1-3H3,(H,24,29)(H,25,28)(H,26,30)(H,31,32). The minimum absolute atomic E-state index is 0.00490. The van der Waals surface area contributed by atoms with Gasteiger partial charge in [0.15, 0.2) is 0 Å². The lowest BCUT2D eigenvalue weighted by Crippen LogP contribution is -2.56. The Balaban J connectivity index is 2.80. The van der Waals surface area contributed by atoms with E-state index in [0.29, 0.717) is 23.5 Å². The SMILES string of the molecule is CSCCC(N)C(=O)NC(C)C(=O)NC(CCSC)C(=O)NC(Cc1ccc(O)cc1)C(=O)O. The number of amides is 3. The Morgan fingerprint density at radius 3 is 2.00 bits per heavy atom. The highest BCUT2D eigenvalue weighted by molar-refractivity contribution is 7.98. The van der Waals surface area contributed by atoms with Crippen molar-refractivity contribution in [2.45, 2.75) is 50.4 Å². The number of rotatable bonds is 15. The summed E-state index contributed by atoms with van der Waals surface area (Å²) < 4.78 is 0. The van der Waals surface area contributed by atoms with Gasteiger partial charge in [0.05, 0.1) is 6.04 Å². The van der Waals surface area contributed by atoms with Crippen molar-refractivity contribution < 1.29 is 29.4 Å². The molecule has 12 heteroatoms. The van der Waals surface area contributed by atoms with Gasteiger partial charge in [0.2, 0.25) is 17.7 Å². The maximum absolute atomic E-state index is 12.9. The van der Waals surface area contributed by atoms with Crippen LogP contribution < -0.4 is 21.7 Å². The van der Waals surface area contributed by atoms with Gasteiger partial charge in [-0.3, -0.25) is 14.4 Å². The van der Waals surface area contributed by atoms with E-state index >= 15 is 0 Å². The zero-order valence-electron chi connectivity index (χ0n) is 19.6. The molecule has 0 aliphatic carbocycles. The second-order valence-electron chi connectivity index (χ2n) is 7.73. The van der Waals surface area contributed by atoms with Crippen LogP contribution in [0.5, 0.6) is 5.75 Å². The Kier molecular flexibility index (Phi) is 13.5. The number of aliphatic carboxylic acids is 1. The van der Waals surface area contributed by atoms with Gasteiger partial charge >= 0.3 is 5.97 Å². The number of carbonyl (C=O) groups excluding carboxylic acids is 3. The predicted molar refractivity (Wildman–Crippen MR) is 135 cm³/mol. The van der Waals surface area contributed by atoms with Gasteiger partial charge in [-0.1, -0.05) is 12.1 Å². The normalized spacial score (nSPS) is 14.4. The van der Waals surface area contributed by atoms with E-state index in [1.165, 1.54) is 30.8 Å². The molecule has 4 unspecified atom stereocenters. The number of nitrogens with one attached hydrogen (secondary N) is 3. The molecule has 0 bridgehead atoms. The Morgan fingerprint density at radius 2 is 1.44 bits per heavy atom. The van der Waals surface area contributed by atoms with Crippen LogP contribution >= 0.6 is 23.5 Å². The Labute approximate surface area is 208 Å². The number of carboxylic acid groups (broad SMARTS) is 1. The average Bonchev–Trinajstić information content (AvgIpc) is 2.80. The van der Waals surface area contributed by atoms with Crippen molar-refractivity contribution in [1.29, 1.82) is 0 Å². The highest BCUT2D eigenvalue weighted by Gasteiger charge is 2.28. The summed E-state index contributed by atoms with van der Waals surface area (Å²) in [5, 5.41) is 26.6. The molecule has 4 atom stereocenters. The molecule has 0 saturated heterocycles. The number of benzene rings is 1. The quantitative estimate of drug-likeness (QED) is 0.193. The minimum Gasteiger partial charge on any atom is -0.508 e. The second-order valence-corrected chi connectivity index (χ2v) is 9.70. The van der Waals surface area contributed by atoms with Crippen molar-refractivity contribution in [2.24, 2.45) is 5.73 Å². The summed E-state index contributed by atoms with van der Waals surface area (Å²) in [5.41, 5.74) is 6.44. The van der Waals surface area contributed by atoms with E-state index in [0.717, 1.165) is 0 Å². The van der Waals surface area contributed by atoms with Gasteiger partial charge in [0.25, 0.3) is 0 Å². The van der Waals surface area contributed by atoms with Crippen LogP contribution in [0.4, 0.5) is 0 Å². The molecule has 0 saturated carbocycles. The zero-order valence-corrected chi connectivity index (χ0v) is 21.2. The van der Waals surface area contributed by atoms with Gasteiger partial charge in [-0.15, -0.1) is 0 Å². The van der Waals surface area contributed by atoms with E-state index in [1.807, 2.05) is 12.5 Å². The first kappa shape index (κ1) is 29.6. The van der Waals surface area contributed by atoms with Crippen molar-refractivity contribution in [2.75, 3.05) is 24.0 Å². The topological polar surface area (TPSA) is 171 Å². The molecule has 1 aromatic carbocycles. The summed E-state index contributed by atoms with van der Waals surface area (Å²) in [6.45, 7) is 1.49. The average molecular weight is 515 g/mol. The van der Waals surface area contributed by atoms with Crippen LogP contribution in [0.3, 0.4) is 0 Å². The molecule has 7 N–H and O–H groups in total. The zero-order chi connectivity index (χ0) is 25.7. The van der Waals surface area contributed by atoms with E-state index in [-0.39, 0.29) is 18.6 Å². The van der Waals surface area contributed by atoms with Crippen molar-refractivity contribution in [3.8, 4) is 5.75 Å². The molecule has 0 heterocycles. The minimum atomic E-state index is -1.23. The molecule has 1 rings (SSSR count). The third-order valence-corrected chi connectivity index (χ3v) is 6.24. The predicted octanol–water partition coefficient (Wildman–Crippen LogP) is 0.327. The summed E-state index contributed by atoms with van der Waals surface area (Å²) in [6, 6.07) is 2.13. The molecule has 1 aromatic rings. The number of hydrogen-bond donors (Lipinski definition) is 6. The number of carbonyl (C=O) groups is 4. The molecule has 0 fully saturated rings. The second kappa shape index (κ2) is 15.5. The maximum Gasteiger partial charge on any atom is 0.326 e. The smallest absolute Gasteiger partial charge is 0.326 e. The number of phenolic OH excluding ortho intramolecular Hbond substituents is 1. The lowest BCUT2D eigenvalue weighted by molar-refractivity contribution is -0.142. The number of aromatic hydroxyl groups is 1. The summed E-state index contributed by atoms with van der Waals surface area (Å²) in [4.78, 5) is 49.4. The summed E-state index contributed by atoms with van der Waals surface area (Å²) in [5.74, 6) is -1.58. The van der Waals surface area contributed by atoms with Crippen molar-refractivity contribution >= 4 is 47.2 Å². The van der Waals surface area contributed by atoms with Crippen LogP contribution in [0.1, 0.15) is 25.3 Å². The van der Waals surface area contributed by atoms with E-state index < -0.39 is 47.9 Å². The maximum atomic E-state index is 12.9. The van der Waals surface area contributed by atoms with Crippen LogP contribution in [0.25, 0.3) is 0 Å². The molecule has 0 aliphatic heterocycles. The van der Waals surface area contributed by atoms with Crippen LogP contribution in [-0.4, -0.2) is 82.1 Å². The largest absolute Gasteiger partial charge is 0.508 e. The fourth-order valence-electron chi connectivity index (χ4n) is 2.90. The number of hydrogen-bond acceptors (Lipinski definition) is 8. The molecule has 0 aliphatic rings. The van der Waals surface area contributed by atoms with Gasteiger partial charge in [0.1, 0.15) is 23.9 Å². The fraction of sp³-hybridized carbons (Fsp3) is 0.545. The van der Waals surface area contributed by atoms with E-state index in [4.69, 9.17) is 5.73 Å². The van der Waals surface area contributed by atoms with Crippen molar-refractivity contribution in [1.82, 2.24) is 16.0 Å². The first-order chi connectivity index (χ1) is 16.1. The van der Waals surface area contributed by atoms with Crippen molar-refractivity contribution in [3.05, 3.63) is 29.8 Å². The van der Waals surface area contributed by atoms with Gasteiger partial charge in [-0.2, -0.15) is 23.5 Å². The molecular formula is C22H34N4O6S2. The van der Waals surface area contributed by atoms with E-state index in [1.54, 1.807) is 23.9 Å². The van der Waals surface area contributed by atoms with Gasteiger partial charge in [-0.25, -0.2) is 4.79 Å². The van der Waals surface area contributed by atoms with Crippen LogP contribution in [0, 0.1) is 0 Å². The molecular weight excluding hydrogens is 480 g/mol. The van der Waals surface area contributed by atoms with Crippen LogP contribution in [-0.2, 0) is 25.6 Å². The number of thioether (sulfide) groups is 2. The van der Waals surface area contributed by atoms with Gasteiger partial charge in [0, 0.05) is 6.42 Å². The lowest BCUT2D eigenvalue weighted by Gasteiger charge is -2.23. The highest BCUT2D eigenvalue weighted by Crippen LogP contribution is 2.12. The Bertz CT molecular complexity index is 824. The molecule has 190 valence electrons. The first-order valence-corrected chi connectivity index (χ1v) is 13.5. The third-order valence-electron chi connectivity index (χ3n) is 4.96.